The number of aromatic nitrogens is 1. The molecule has 3 aromatic rings. The minimum atomic E-state index is -0.101. The van der Waals surface area contributed by atoms with Crippen molar-refractivity contribution in [3.05, 3.63) is 59.3 Å². The first-order chi connectivity index (χ1) is 12.3. The zero-order chi connectivity index (χ0) is 16.8. The van der Waals surface area contributed by atoms with Crippen molar-refractivity contribution in [3.8, 4) is 11.5 Å². The van der Waals surface area contributed by atoms with Crippen molar-refractivity contribution in [2.24, 2.45) is 0 Å². The molecule has 0 saturated heterocycles. The Morgan fingerprint density at radius 1 is 1.04 bits per heavy atom. The Kier molecular flexibility index (Phi) is 3.13. The number of amides is 1. The van der Waals surface area contributed by atoms with Crippen LogP contribution in [0, 0.1) is 0 Å². The molecule has 5 nitrogen and oxygen atoms in total. The molecule has 2 aromatic carbocycles. The molecule has 25 heavy (non-hydrogen) atoms. The highest BCUT2D eigenvalue weighted by Crippen LogP contribution is 2.35. The van der Waals surface area contributed by atoms with Gasteiger partial charge in [-0.2, -0.15) is 0 Å². The van der Waals surface area contributed by atoms with Gasteiger partial charge in [-0.3, -0.25) is 9.78 Å². The van der Waals surface area contributed by atoms with E-state index in [1.54, 1.807) is 6.07 Å². The Labute approximate surface area is 144 Å². The van der Waals surface area contributed by atoms with E-state index in [2.05, 4.69) is 5.32 Å². The second kappa shape index (κ2) is 5.48. The van der Waals surface area contributed by atoms with Crippen molar-refractivity contribution >= 4 is 22.5 Å². The summed E-state index contributed by atoms with van der Waals surface area (Å²) in [6.07, 6.45) is 2.88. The number of anilines is 1. The third-order valence-electron chi connectivity index (χ3n) is 4.78. The van der Waals surface area contributed by atoms with E-state index in [-0.39, 0.29) is 12.7 Å². The number of nitrogens with one attached hydrogen (secondary N) is 1. The number of hydrogen-bond acceptors (Lipinski definition) is 4. The molecule has 5 rings (SSSR count). The fraction of sp³-hybridized carbons (Fsp3) is 0.200. The van der Waals surface area contributed by atoms with Crippen molar-refractivity contribution in [2.45, 2.75) is 19.3 Å². The van der Waals surface area contributed by atoms with Crippen LogP contribution < -0.4 is 14.8 Å². The van der Waals surface area contributed by atoms with Crippen LogP contribution in [-0.2, 0) is 12.8 Å². The van der Waals surface area contributed by atoms with Gasteiger partial charge in [-0.1, -0.05) is 18.2 Å². The molecule has 0 fully saturated rings. The van der Waals surface area contributed by atoms with E-state index in [1.165, 1.54) is 0 Å². The Morgan fingerprint density at radius 2 is 1.92 bits per heavy atom. The Hall–Kier alpha value is -3.08. The van der Waals surface area contributed by atoms with Gasteiger partial charge in [0.2, 0.25) is 6.79 Å². The normalized spacial score (nSPS) is 14.6. The molecule has 0 bridgehead atoms. The lowest BCUT2D eigenvalue weighted by Gasteiger charge is -2.13. The molecule has 5 heteroatoms. The number of nitrogens with zero attached hydrogens (tertiary/aromatic N) is 1. The van der Waals surface area contributed by atoms with Gasteiger partial charge in [0.25, 0.3) is 5.91 Å². The monoisotopic (exact) mass is 332 g/mol. The maximum absolute atomic E-state index is 13.1. The zero-order valence-electron chi connectivity index (χ0n) is 13.5. The van der Waals surface area contributed by atoms with Crippen LogP contribution in [0.25, 0.3) is 10.9 Å². The maximum Gasteiger partial charge on any atom is 0.256 e. The number of para-hydroxylation sites is 1. The SMILES string of the molecule is O=C(Nc1ccc2c(c1)OCO2)c1c2c(nc3ccccc13)CCC2. The quantitative estimate of drug-likeness (QED) is 0.777. The number of fused-ring (bicyclic) bond motifs is 3. The number of rotatable bonds is 2. The standard InChI is InChI=1S/C20H16N2O3/c23-20(21-12-8-9-17-18(10-12)25-11-24-17)19-13-4-1-2-6-15(13)22-16-7-3-5-14(16)19/h1-2,4,6,8-10H,3,5,7,11H2,(H,21,23). The molecular formula is C20H16N2O3. The van der Waals surface area contributed by atoms with Gasteiger partial charge in [0.1, 0.15) is 0 Å². The van der Waals surface area contributed by atoms with Gasteiger partial charge in [-0.05, 0) is 43.0 Å². The summed E-state index contributed by atoms with van der Waals surface area (Å²) in [5.74, 6) is 1.26. The van der Waals surface area contributed by atoms with Crippen LogP contribution in [0.1, 0.15) is 28.0 Å². The molecule has 1 aliphatic carbocycles. The number of pyridine rings is 1. The van der Waals surface area contributed by atoms with E-state index < -0.39 is 0 Å². The van der Waals surface area contributed by atoms with Gasteiger partial charge in [0, 0.05) is 22.8 Å². The van der Waals surface area contributed by atoms with Crippen LogP contribution in [0.5, 0.6) is 11.5 Å². The molecule has 0 saturated carbocycles. The lowest BCUT2D eigenvalue weighted by molar-refractivity contribution is 0.102. The summed E-state index contributed by atoms with van der Waals surface area (Å²) >= 11 is 0. The minimum absolute atomic E-state index is 0.101. The molecule has 1 aromatic heterocycles. The number of aryl methyl sites for hydroxylation is 1. The zero-order valence-corrected chi connectivity index (χ0v) is 13.5. The highest BCUT2D eigenvalue weighted by molar-refractivity contribution is 6.13. The van der Waals surface area contributed by atoms with Crippen LogP contribution in [0.15, 0.2) is 42.5 Å². The van der Waals surface area contributed by atoms with Gasteiger partial charge in [0.15, 0.2) is 11.5 Å². The van der Waals surface area contributed by atoms with Crippen molar-refractivity contribution < 1.29 is 14.3 Å². The summed E-state index contributed by atoms with van der Waals surface area (Å²) in [5.41, 5.74) is 4.45. The molecule has 0 spiro atoms. The fourth-order valence-electron chi connectivity index (χ4n) is 3.64. The number of ether oxygens (including phenoxy) is 2. The fourth-order valence-corrected chi connectivity index (χ4v) is 3.64. The first-order valence-electron chi connectivity index (χ1n) is 8.41. The molecule has 0 radical (unpaired) electrons. The molecule has 0 atom stereocenters. The second-order valence-electron chi connectivity index (χ2n) is 6.30. The van der Waals surface area contributed by atoms with E-state index in [9.17, 15) is 4.79 Å². The Morgan fingerprint density at radius 3 is 2.88 bits per heavy atom. The summed E-state index contributed by atoms with van der Waals surface area (Å²) in [6.45, 7) is 0.217. The van der Waals surface area contributed by atoms with Gasteiger partial charge in [0.05, 0.1) is 11.1 Å². The second-order valence-corrected chi connectivity index (χ2v) is 6.30. The predicted molar refractivity (Wildman–Crippen MR) is 94.3 cm³/mol. The molecule has 1 N–H and O–H groups in total. The highest BCUT2D eigenvalue weighted by Gasteiger charge is 2.24. The first-order valence-corrected chi connectivity index (χ1v) is 8.41. The average molecular weight is 332 g/mol. The Balaban J connectivity index is 1.57. The van der Waals surface area contributed by atoms with Crippen LogP contribution in [0.2, 0.25) is 0 Å². The van der Waals surface area contributed by atoms with E-state index in [1.807, 2.05) is 36.4 Å². The van der Waals surface area contributed by atoms with E-state index >= 15 is 0 Å². The topological polar surface area (TPSA) is 60.5 Å². The van der Waals surface area contributed by atoms with Crippen molar-refractivity contribution in [3.63, 3.8) is 0 Å². The lowest BCUT2D eigenvalue weighted by Crippen LogP contribution is -2.15. The smallest absolute Gasteiger partial charge is 0.256 e. The first kappa shape index (κ1) is 14.3. The van der Waals surface area contributed by atoms with Gasteiger partial charge >= 0.3 is 0 Å². The van der Waals surface area contributed by atoms with E-state index in [0.29, 0.717) is 17.2 Å². The van der Waals surface area contributed by atoms with Crippen LogP contribution >= 0.6 is 0 Å². The summed E-state index contributed by atoms with van der Waals surface area (Å²) < 4.78 is 10.7. The van der Waals surface area contributed by atoms with Gasteiger partial charge in [-0.25, -0.2) is 0 Å². The average Bonchev–Trinajstić information content (AvgIpc) is 3.27. The molecule has 2 aliphatic rings. The van der Waals surface area contributed by atoms with Crippen LogP contribution in [0.4, 0.5) is 5.69 Å². The van der Waals surface area contributed by atoms with Gasteiger partial charge < -0.3 is 14.8 Å². The van der Waals surface area contributed by atoms with Gasteiger partial charge in [-0.15, -0.1) is 0 Å². The van der Waals surface area contributed by atoms with E-state index in [4.69, 9.17) is 14.5 Å². The molecule has 1 aliphatic heterocycles. The number of benzene rings is 2. The number of hydrogen-bond donors (Lipinski definition) is 1. The predicted octanol–water partition coefficient (Wildman–Crippen LogP) is 3.70. The summed E-state index contributed by atoms with van der Waals surface area (Å²) in [7, 11) is 0. The van der Waals surface area contributed by atoms with Crippen molar-refractivity contribution in [1.82, 2.24) is 4.98 Å². The summed E-state index contributed by atoms with van der Waals surface area (Å²) in [6, 6.07) is 13.3. The number of carbonyl (C=O) groups is 1. The minimum Gasteiger partial charge on any atom is -0.454 e. The lowest BCUT2D eigenvalue weighted by atomic mass is 10.0. The molecular weight excluding hydrogens is 316 g/mol. The maximum atomic E-state index is 13.1. The summed E-state index contributed by atoms with van der Waals surface area (Å²) in [4.78, 5) is 17.8. The third kappa shape index (κ3) is 2.31. The summed E-state index contributed by atoms with van der Waals surface area (Å²) in [5, 5.41) is 3.91. The van der Waals surface area contributed by atoms with Crippen LogP contribution in [-0.4, -0.2) is 17.7 Å². The highest BCUT2D eigenvalue weighted by atomic mass is 16.7. The molecule has 124 valence electrons. The van der Waals surface area contributed by atoms with Crippen LogP contribution in [0.3, 0.4) is 0 Å². The molecule has 0 unspecified atom stereocenters. The van der Waals surface area contributed by atoms with Crippen molar-refractivity contribution in [1.29, 1.82) is 0 Å². The largest absolute Gasteiger partial charge is 0.454 e. The van der Waals surface area contributed by atoms with Crippen molar-refractivity contribution in [2.75, 3.05) is 12.1 Å². The Bertz CT molecular complexity index is 1010. The number of carbonyl (C=O) groups excluding carboxylic acids is 1. The van der Waals surface area contributed by atoms with E-state index in [0.717, 1.165) is 47.0 Å². The third-order valence-corrected chi connectivity index (χ3v) is 4.78. The molecule has 1 amide bonds. The molecule has 2 heterocycles.